The molecule has 0 aromatic heterocycles. The van der Waals surface area contributed by atoms with Crippen LogP contribution in [0.25, 0.3) is 0 Å². The number of amides is 1. The Labute approximate surface area is 130 Å². The lowest BCUT2D eigenvalue weighted by atomic mass is 10.2. The summed E-state index contributed by atoms with van der Waals surface area (Å²) in [5, 5.41) is 6.29. The van der Waals surface area contributed by atoms with E-state index in [4.69, 9.17) is 0 Å². The van der Waals surface area contributed by atoms with E-state index in [0.29, 0.717) is 12.6 Å². The molecule has 19 heavy (non-hydrogen) atoms. The molecule has 0 bridgehead atoms. The first kappa shape index (κ1) is 15.0. The number of nitrogens with zero attached hydrogens (tertiary/aromatic N) is 1. The van der Waals surface area contributed by atoms with Crippen LogP contribution in [0.5, 0.6) is 0 Å². The van der Waals surface area contributed by atoms with Gasteiger partial charge in [0, 0.05) is 34.6 Å². The molecular weight excluding hydrogens is 374 g/mol. The molecule has 1 saturated heterocycles. The van der Waals surface area contributed by atoms with Crippen molar-refractivity contribution < 1.29 is 4.79 Å². The Morgan fingerprint density at radius 3 is 3.00 bits per heavy atom. The summed E-state index contributed by atoms with van der Waals surface area (Å²) in [4.78, 5) is 14.2. The predicted molar refractivity (Wildman–Crippen MR) is 84.4 cm³/mol. The van der Waals surface area contributed by atoms with Crippen molar-refractivity contribution >= 4 is 43.5 Å². The van der Waals surface area contributed by atoms with E-state index in [2.05, 4.69) is 54.3 Å². The second-order valence-electron chi connectivity index (χ2n) is 4.76. The van der Waals surface area contributed by atoms with Gasteiger partial charge in [-0.25, -0.2) is 0 Å². The van der Waals surface area contributed by atoms with Gasteiger partial charge in [-0.05, 0) is 41.1 Å². The molecule has 1 aromatic rings. The number of hydrogen-bond acceptors (Lipinski definition) is 3. The van der Waals surface area contributed by atoms with E-state index in [1.807, 2.05) is 18.2 Å². The number of halogens is 2. The fraction of sp³-hybridized carbons (Fsp3) is 0.462. The Balaban J connectivity index is 1.90. The summed E-state index contributed by atoms with van der Waals surface area (Å²) >= 11 is 6.83. The van der Waals surface area contributed by atoms with E-state index >= 15 is 0 Å². The SMILES string of the molecule is C[C@@H]1CN(CC(=O)Nc2ccc(Br)cc2Br)CCN1. The largest absolute Gasteiger partial charge is 0.324 e. The van der Waals surface area contributed by atoms with Crippen molar-refractivity contribution in [1.29, 1.82) is 0 Å². The highest BCUT2D eigenvalue weighted by Crippen LogP contribution is 2.26. The number of benzene rings is 1. The van der Waals surface area contributed by atoms with E-state index in [1.54, 1.807) is 0 Å². The van der Waals surface area contributed by atoms with Gasteiger partial charge >= 0.3 is 0 Å². The minimum atomic E-state index is 0.0251. The lowest BCUT2D eigenvalue weighted by Crippen LogP contribution is -2.51. The van der Waals surface area contributed by atoms with Gasteiger partial charge in [0.25, 0.3) is 0 Å². The van der Waals surface area contributed by atoms with E-state index in [1.165, 1.54) is 0 Å². The van der Waals surface area contributed by atoms with Crippen molar-refractivity contribution in [3.05, 3.63) is 27.1 Å². The van der Waals surface area contributed by atoms with Crippen molar-refractivity contribution in [2.45, 2.75) is 13.0 Å². The first-order valence-electron chi connectivity index (χ1n) is 6.25. The molecule has 0 radical (unpaired) electrons. The molecule has 1 fully saturated rings. The second-order valence-corrected chi connectivity index (χ2v) is 6.53. The Morgan fingerprint density at radius 1 is 1.53 bits per heavy atom. The highest BCUT2D eigenvalue weighted by Gasteiger charge is 2.18. The minimum absolute atomic E-state index is 0.0251. The fourth-order valence-electron chi connectivity index (χ4n) is 2.14. The number of anilines is 1. The second kappa shape index (κ2) is 6.83. The normalized spacial score (nSPS) is 20.3. The number of nitrogens with one attached hydrogen (secondary N) is 2. The monoisotopic (exact) mass is 389 g/mol. The number of rotatable bonds is 3. The van der Waals surface area contributed by atoms with Crippen LogP contribution in [-0.4, -0.2) is 43.0 Å². The number of carbonyl (C=O) groups is 1. The Hall–Kier alpha value is -0.430. The van der Waals surface area contributed by atoms with Gasteiger partial charge in [0.2, 0.25) is 5.91 Å². The first-order chi connectivity index (χ1) is 9.04. The zero-order chi connectivity index (χ0) is 13.8. The Bertz CT molecular complexity index is 467. The maximum Gasteiger partial charge on any atom is 0.238 e. The fourth-order valence-corrected chi connectivity index (χ4v) is 3.29. The van der Waals surface area contributed by atoms with E-state index < -0.39 is 0 Å². The molecule has 1 heterocycles. The average molecular weight is 391 g/mol. The third-order valence-corrected chi connectivity index (χ3v) is 4.17. The van der Waals surface area contributed by atoms with Gasteiger partial charge < -0.3 is 10.6 Å². The summed E-state index contributed by atoms with van der Waals surface area (Å²) < 4.78 is 1.86. The third kappa shape index (κ3) is 4.56. The topological polar surface area (TPSA) is 44.4 Å². The third-order valence-electron chi connectivity index (χ3n) is 3.03. The van der Waals surface area contributed by atoms with Gasteiger partial charge in [0.05, 0.1) is 12.2 Å². The van der Waals surface area contributed by atoms with Crippen LogP contribution in [0.3, 0.4) is 0 Å². The van der Waals surface area contributed by atoms with Gasteiger partial charge in [-0.1, -0.05) is 15.9 Å². The molecule has 2 rings (SSSR count). The van der Waals surface area contributed by atoms with E-state index in [-0.39, 0.29) is 5.91 Å². The molecule has 4 nitrogen and oxygen atoms in total. The molecule has 0 saturated carbocycles. The van der Waals surface area contributed by atoms with E-state index in [9.17, 15) is 4.79 Å². The average Bonchev–Trinajstić information content (AvgIpc) is 2.33. The molecule has 1 aliphatic heterocycles. The molecule has 0 unspecified atom stereocenters. The lowest BCUT2D eigenvalue weighted by molar-refractivity contribution is -0.117. The highest BCUT2D eigenvalue weighted by atomic mass is 79.9. The number of piperazine rings is 1. The van der Waals surface area contributed by atoms with Crippen molar-refractivity contribution in [2.75, 3.05) is 31.5 Å². The number of carbonyl (C=O) groups excluding carboxylic acids is 1. The van der Waals surface area contributed by atoms with Crippen LogP contribution < -0.4 is 10.6 Å². The molecule has 1 amide bonds. The zero-order valence-electron chi connectivity index (χ0n) is 10.7. The van der Waals surface area contributed by atoms with Crippen LogP contribution in [0, 0.1) is 0 Å². The molecular formula is C13H17Br2N3O. The molecule has 0 spiro atoms. The van der Waals surface area contributed by atoms with Gasteiger partial charge in [-0.3, -0.25) is 9.69 Å². The van der Waals surface area contributed by atoms with Crippen LogP contribution in [0.1, 0.15) is 6.92 Å². The first-order valence-corrected chi connectivity index (χ1v) is 7.84. The van der Waals surface area contributed by atoms with Crippen molar-refractivity contribution in [2.24, 2.45) is 0 Å². The molecule has 1 aliphatic rings. The summed E-state index contributed by atoms with van der Waals surface area (Å²) in [6.07, 6.45) is 0. The Kier molecular flexibility index (Phi) is 5.38. The van der Waals surface area contributed by atoms with Crippen LogP contribution in [0.4, 0.5) is 5.69 Å². The quantitative estimate of drug-likeness (QED) is 0.833. The van der Waals surface area contributed by atoms with Gasteiger partial charge in [0.1, 0.15) is 0 Å². The van der Waals surface area contributed by atoms with Gasteiger partial charge in [0.15, 0.2) is 0 Å². The number of hydrogen-bond donors (Lipinski definition) is 2. The standard InChI is InChI=1S/C13H17Br2N3O/c1-9-7-18(5-4-16-9)8-13(19)17-12-3-2-10(14)6-11(12)15/h2-3,6,9,16H,4-5,7-8H2,1H3,(H,17,19)/t9-/m1/s1. The zero-order valence-corrected chi connectivity index (χ0v) is 13.9. The molecule has 2 N–H and O–H groups in total. The maximum atomic E-state index is 12.0. The summed E-state index contributed by atoms with van der Waals surface area (Å²) in [6.45, 7) is 5.34. The molecule has 1 aromatic carbocycles. The van der Waals surface area contributed by atoms with Crippen molar-refractivity contribution in [3.63, 3.8) is 0 Å². The maximum absolute atomic E-state index is 12.0. The summed E-state index contributed by atoms with van der Waals surface area (Å²) in [5.74, 6) is 0.0251. The molecule has 6 heteroatoms. The molecule has 0 aliphatic carbocycles. The summed E-state index contributed by atoms with van der Waals surface area (Å²) in [7, 11) is 0. The van der Waals surface area contributed by atoms with Crippen molar-refractivity contribution in [3.8, 4) is 0 Å². The van der Waals surface area contributed by atoms with Crippen LogP contribution in [-0.2, 0) is 4.79 Å². The van der Waals surface area contributed by atoms with E-state index in [0.717, 1.165) is 34.3 Å². The summed E-state index contributed by atoms with van der Waals surface area (Å²) in [6, 6.07) is 6.16. The smallest absolute Gasteiger partial charge is 0.238 e. The Morgan fingerprint density at radius 2 is 2.32 bits per heavy atom. The van der Waals surface area contributed by atoms with Gasteiger partial charge in [-0.2, -0.15) is 0 Å². The van der Waals surface area contributed by atoms with Crippen LogP contribution in [0.2, 0.25) is 0 Å². The lowest BCUT2D eigenvalue weighted by Gasteiger charge is -2.31. The van der Waals surface area contributed by atoms with Gasteiger partial charge in [-0.15, -0.1) is 0 Å². The van der Waals surface area contributed by atoms with Crippen LogP contribution in [0.15, 0.2) is 27.1 Å². The van der Waals surface area contributed by atoms with Crippen molar-refractivity contribution in [1.82, 2.24) is 10.2 Å². The molecule has 104 valence electrons. The van der Waals surface area contributed by atoms with Crippen LogP contribution >= 0.6 is 31.9 Å². The summed E-state index contributed by atoms with van der Waals surface area (Å²) in [5.41, 5.74) is 0.802. The predicted octanol–water partition coefficient (Wildman–Crippen LogP) is 2.44. The highest BCUT2D eigenvalue weighted by molar-refractivity contribution is 9.11. The minimum Gasteiger partial charge on any atom is -0.324 e. The molecule has 1 atom stereocenters.